The molecule has 0 saturated carbocycles. The fourth-order valence-corrected chi connectivity index (χ4v) is 4.36. The van der Waals surface area contributed by atoms with Crippen molar-refractivity contribution in [1.82, 2.24) is 10.2 Å². The van der Waals surface area contributed by atoms with E-state index in [9.17, 15) is 28.4 Å². The summed E-state index contributed by atoms with van der Waals surface area (Å²) in [6, 6.07) is 2.40. The highest BCUT2D eigenvalue weighted by Crippen LogP contribution is 2.37. The van der Waals surface area contributed by atoms with Crippen LogP contribution in [0.1, 0.15) is 29.6 Å². The molecule has 2 heterocycles. The van der Waals surface area contributed by atoms with Gasteiger partial charge >= 0.3 is 0 Å². The average molecular weight is 473 g/mol. The van der Waals surface area contributed by atoms with Crippen LogP contribution < -0.4 is 19.9 Å². The predicted molar refractivity (Wildman–Crippen MR) is 114 cm³/mol. The van der Waals surface area contributed by atoms with Gasteiger partial charge in [-0.05, 0) is 25.9 Å². The Labute approximate surface area is 185 Å². The lowest BCUT2D eigenvalue weighted by Crippen LogP contribution is -2.48. The summed E-state index contributed by atoms with van der Waals surface area (Å²) in [5.74, 6) is -0.523. The summed E-state index contributed by atoms with van der Waals surface area (Å²) in [4.78, 5) is 25.4. The van der Waals surface area contributed by atoms with E-state index in [1.54, 1.807) is 0 Å². The maximum absolute atomic E-state index is 12.8. The van der Waals surface area contributed by atoms with E-state index in [2.05, 4.69) is 5.32 Å². The lowest BCUT2D eigenvalue weighted by atomic mass is 9.93. The molecule has 1 aromatic carbocycles. The quantitative estimate of drug-likeness (QED) is 0.343. The van der Waals surface area contributed by atoms with Gasteiger partial charge in [0.2, 0.25) is 10.0 Å². The van der Waals surface area contributed by atoms with E-state index < -0.39 is 27.0 Å². The number of nitrogens with one attached hydrogen (secondary N) is 1. The van der Waals surface area contributed by atoms with Crippen molar-refractivity contribution >= 4 is 21.6 Å². The van der Waals surface area contributed by atoms with E-state index in [0.717, 1.165) is 6.07 Å². The van der Waals surface area contributed by atoms with Crippen molar-refractivity contribution in [1.29, 1.82) is 0 Å². The van der Waals surface area contributed by atoms with Crippen LogP contribution in [-0.2, 0) is 10.0 Å². The van der Waals surface area contributed by atoms with Crippen LogP contribution in [0, 0.1) is 16.0 Å². The van der Waals surface area contributed by atoms with Crippen LogP contribution in [-0.4, -0.2) is 80.5 Å². The molecule has 178 valence electrons. The number of rotatable bonds is 8. The number of aliphatic hydroxyl groups excluding tert-OH is 1. The Bertz CT molecular complexity index is 955. The number of primary sulfonamides is 1. The van der Waals surface area contributed by atoms with Gasteiger partial charge in [-0.1, -0.05) is 0 Å². The summed E-state index contributed by atoms with van der Waals surface area (Å²) in [5.41, 5.74) is -0.252. The van der Waals surface area contributed by atoms with Crippen LogP contribution in [0.15, 0.2) is 12.1 Å². The van der Waals surface area contributed by atoms with Crippen molar-refractivity contribution in [3.05, 3.63) is 27.8 Å². The molecule has 1 amide bonds. The highest BCUT2D eigenvalue weighted by molar-refractivity contribution is 7.89. The largest absolute Gasteiger partial charge is 0.489 e. The first-order valence-electron chi connectivity index (χ1n) is 10.4. The topological polar surface area (TPSA) is 174 Å². The van der Waals surface area contributed by atoms with Gasteiger partial charge in [0.1, 0.15) is 0 Å². The van der Waals surface area contributed by atoms with Gasteiger partial charge in [-0.25, -0.2) is 13.6 Å². The molecule has 13 heteroatoms. The number of nitro benzene ring substituents is 1. The molecule has 0 unspecified atom stereocenters. The zero-order valence-electron chi connectivity index (χ0n) is 17.6. The van der Waals surface area contributed by atoms with Crippen molar-refractivity contribution < 1.29 is 32.7 Å². The normalized spacial score (nSPS) is 21.6. The summed E-state index contributed by atoms with van der Waals surface area (Å²) in [6.07, 6.45) is 0.863. The molecule has 12 nitrogen and oxygen atoms in total. The number of aliphatic hydroxyl groups is 1. The van der Waals surface area contributed by atoms with E-state index in [4.69, 9.17) is 14.6 Å². The maximum Gasteiger partial charge on any atom is 0.274 e. The van der Waals surface area contributed by atoms with Gasteiger partial charge in [0.05, 0.1) is 41.6 Å². The second-order valence-corrected chi connectivity index (χ2v) is 9.71. The smallest absolute Gasteiger partial charge is 0.274 e. The summed E-state index contributed by atoms with van der Waals surface area (Å²) < 4.78 is 33.2. The first kappa shape index (κ1) is 24.2. The Hall–Kier alpha value is -2.48. The number of non-ortho nitro benzene ring substituents is 1. The number of nitrogens with two attached hydrogens (primary N) is 1. The second kappa shape index (κ2) is 10.4. The van der Waals surface area contributed by atoms with Crippen LogP contribution in [0.25, 0.3) is 0 Å². The minimum Gasteiger partial charge on any atom is -0.489 e. The highest BCUT2D eigenvalue weighted by Gasteiger charge is 2.29. The van der Waals surface area contributed by atoms with E-state index in [1.807, 2.05) is 4.90 Å². The molecule has 0 bridgehead atoms. The number of benzene rings is 1. The van der Waals surface area contributed by atoms with E-state index in [0.29, 0.717) is 52.1 Å². The van der Waals surface area contributed by atoms with Crippen molar-refractivity contribution in [3.63, 3.8) is 0 Å². The lowest BCUT2D eigenvalue weighted by molar-refractivity contribution is -0.385. The Kier molecular flexibility index (Phi) is 7.87. The van der Waals surface area contributed by atoms with Gasteiger partial charge in [0, 0.05) is 31.5 Å². The van der Waals surface area contributed by atoms with E-state index in [1.165, 1.54) is 6.07 Å². The molecule has 0 aromatic heterocycles. The van der Waals surface area contributed by atoms with Crippen LogP contribution in [0.2, 0.25) is 0 Å². The molecule has 2 atom stereocenters. The van der Waals surface area contributed by atoms with Gasteiger partial charge in [-0.15, -0.1) is 0 Å². The number of carbonyl (C=O) groups is 1. The Morgan fingerprint density at radius 2 is 2.09 bits per heavy atom. The fraction of sp³-hybridized carbons (Fsp3) is 0.632. The number of fused-ring (bicyclic) bond motifs is 1. The predicted octanol–water partition coefficient (Wildman–Crippen LogP) is -0.153. The number of piperidine rings is 1. The molecular formula is C19H28N4O8S. The molecule has 32 heavy (non-hydrogen) atoms. The van der Waals surface area contributed by atoms with Gasteiger partial charge in [0.15, 0.2) is 11.5 Å². The number of sulfonamides is 1. The van der Waals surface area contributed by atoms with Crippen LogP contribution in [0.4, 0.5) is 5.69 Å². The third-order valence-corrected chi connectivity index (χ3v) is 6.38. The summed E-state index contributed by atoms with van der Waals surface area (Å²) in [5, 5.41) is 29.5. The lowest BCUT2D eigenvalue weighted by Gasteiger charge is -2.36. The molecule has 2 aliphatic rings. The van der Waals surface area contributed by atoms with E-state index >= 15 is 0 Å². The number of hydrogen-bond acceptors (Lipinski definition) is 9. The average Bonchev–Trinajstić information content (AvgIpc) is 2.96. The summed E-state index contributed by atoms with van der Waals surface area (Å²) in [7, 11) is -3.51. The summed E-state index contributed by atoms with van der Waals surface area (Å²) in [6.45, 7) is 2.34. The third kappa shape index (κ3) is 6.51. The minimum atomic E-state index is -3.51. The van der Waals surface area contributed by atoms with E-state index in [-0.39, 0.29) is 41.0 Å². The minimum absolute atomic E-state index is 0.0195. The number of hydrogen-bond donors (Lipinski definition) is 3. The number of likely N-dealkylation sites (tertiary alicyclic amines) is 1. The molecule has 0 aliphatic carbocycles. The molecular weight excluding hydrogens is 444 g/mol. The second-order valence-electron chi connectivity index (χ2n) is 7.98. The first-order chi connectivity index (χ1) is 15.1. The van der Waals surface area contributed by atoms with Crippen molar-refractivity contribution in [2.24, 2.45) is 11.1 Å². The maximum atomic E-state index is 12.8. The van der Waals surface area contributed by atoms with Gasteiger partial charge < -0.3 is 24.8 Å². The monoisotopic (exact) mass is 472 g/mol. The van der Waals surface area contributed by atoms with Gasteiger partial charge in [-0.3, -0.25) is 14.9 Å². The zero-order valence-corrected chi connectivity index (χ0v) is 18.4. The number of β-amino-alcohol motifs (C(OH)–C–C–N with tert-alkyl or cyclic N) is 1. The molecule has 3 rings (SSSR count). The van der Waals surface area contributed by atoms with Crippen LogP contribution >= 0.6 is 0 Å². The Balaban J connectivity index is 1.59. The molecule has 0 radical (unpaired) electrons. The van der Waals surface area contributed by atoms with Crippen LogP contribution in [0.3, 0.4) is 0 Å². The molecule has 1 aromatic rings. The molecule has 0 spiro atoms. The van der Waals surface area contributed by atoms with Crippen molar-refractivity contribution in [2.75, 3.05) is 45.1 Å². The van der Waals surface area contributed by atoms with Crippen molar-refractivity contribution in [3.8, 4) is 11.5 Å². The zero-order chi connectivity index (χ0) is 23.3. The number of amides is 1. The van der Waals surface area contributed by atoms with Crippen LogP contribution in [0.5, 0.6) is 11.5 Å². The fourth-order valence-electron chi connectivity index (χ4n) is 3.83. The highest BCUT2D eigenvalue weighted by atomic mass is 32.2. The standard InChI is InChI=1S/C19H28N4O8S/c20-32(28,29)8-1-4-22-5-3-13(16(24)12-22)11-21-19(25)15-9-14(23(26)27)10-17-18(15)31-7-2-6-30-17/h9-10,13,16,24H,1-8,11-12H2,(H,21,25)(H2,20,28,29)/t13-,16+/m0/s1. The first-order valence-corrected chi connectivity index (χ1v) is 12.1. The Morgan fingerprint density at radius 1 is 1.34 bits per heavy atom. The Morgan fingerprint density at radius 3 is 2.78 bits per heavy atom. The molecule has 2 aliphatic heterocycles. The van der Waals surface area contributed by atoms with Crippen molar-refractivity contribution in [2.45, 2.75) is 25.4 Å². The number of ether oxygens (including phenoxy) is 2. The third-order valence-electron chi connectivity index (χ3n) is 5.52. The number of nitrogens with zero attached hydrogens (tertiary/aromatic N) is 2. The number of carbonyl (C=O) groups excluding carboxylic acids is 1. The number of nitro groups is 1. The molecule has 4 N–H and O–H groups in total. The molecule has 1 saturated heterocycles. The van der Waals surface area contributed by atoms with Gasteiger partial charge in [-0.2, -0.15) is 0 Å². The molecule has 1 fully saturated rings. The SMILES string of the molecule is NS(=O)(=O)CCCN1CC[C@@H](CNC(=O)c2cc([N+](=O)[O-])cc3c2OCCCO3)[C@H](O)C1. The summed E-state index contributed by atoms with van der Waals surface area (Å²) >= 11 is 0. The van der Waals surface area contributed by atoms with Gasteiger partial charge in [0.25, 0.3) is 11.6 Å².